The first kappa shape index (κ1) is 17.0. The summed E-state index contributed by atoms with van der Waals surface area (Å²) in [7, 11) is 0. The molecule has 0 bridgehead atoms. The summed E-state index contributed by atoms with van der Waals surface area (Å²) in [6.07, 6.45) is 2.55. The van der Waals surface area contributed by atoms with Crippen LogP contribution in [0.15, 0.2) is 42.6 Å². The fraction of sp³-hybridized carbons (Fsp3) is 0.278. The molecule has 1 amide bonds. The van der Waals surface area contributed by atoms with Gasteiger partial charge in [0.1, 0.15) is 11.6 Å². The maximum atomic E-state index is 13.5. The molecule has 130 valence electrons. The minimum Gasteiger partial charge on any atom is -0.325 e. The first-order valence-electron chi connectivity index (χ1n) is 8.13. The van der Waals surface area contributed by atoms with Crippen molar-refractivity contribution >= 4 is 17.2 Å². The van der Waals surface area contributed by atoms with Crippen molar-refractivity contribution in [1.82, 2.24) is 19.9 Å². The summed E-state index contributed by atoms with van der Waals surface area (Å²) in [5, 5.41) is 14.1. The highest BCUT2D eigenvalue weighted by molar-refractivity contribution is 5.94. The van der Waals surface area contributed by atoms with Gasteiger partial charge < -0.3 is 10.6 Å². The highest BCUT2D eigenvalue weighted by Crippen LogP contribution is 2.13. The van der Waals surface area contributed by atoms with E-state index in [4.69, 9.17) is 0 Å². The normalized spacial score (nSPS) is 12.3. The molecule has 0 saturated carbocycles. The zero-order valence-electron chi connectivity index (χ0n) is 14.2. The Morgan fingerprint density at radius 1 is 1.28 bits per heavy atom. The molecule has 0 aliphatic carbocycles. The molecule has 3 aromatic rings. The van der Waals surface area contributed by atoms with Gasteiger partial charge in [-0.1, -0.05) is 12.1 Å². The van der Waals surface area contributed by atoms with Crippen LogP contribution in [0.4, 0.5) is 10.1 Å². The van der Waals surface area contributed by atoms with Crippen LogP contribution in [0.3, 0.4) is 0 Å². The van der Waals surface area contributed by atoms with Crippen molar-refractivity contribution in [2.75, 3.05) is 11.9 Å². The monoisotopic (exact) mass is 341 g/mol. The van der Waals surface area contributed by atoms with Gasteiger partial charge in [-0.05, 0) is 43.7 Å². The molecule has 2 N–H and O–H groups in total. The van der Waals surface area contributed by atoms with Crippen LogP contribution in [0.2, 0.25) is 0 Å². The predicted octanol–water partition coefficient (Wildman–Crippen LogP) is 2.34. The Labute approximate surface area is 145 Å². The van der Waals surface area contributed by atoms with Gasteiger partial charge in [-0.15, -0.1) is 10.2 Å². The van der Waals surface area contributed by atoms with E-state index >= 15 is 0 Å². The molecule has 0 fully saturated rings. The molecule has 0 saturated heterocycles. The number of aryl methyl sites for hydroxylation is 1. The topological polar surface area (TPSA) is 71.3 Å². The Morgan fingerprint density at radius 3 is 2.92 bits per heavy atom. The Hall–Kier alpha value is -2.80. The number of halogens is 1. The van der Waals surface area contributed by atoms with Gasteiger partial charge in [-0.3, -0.25) is 9.20 Å². The SMILES string of the molecule is Cc1ccc(NC(=O)C(C)NCCc2nnc3ccccn23)cc1F. The van der Waals surface area contributed by atoms with Crippen LogP contribution in [-0.4, -0.2) is 33.1 Å². The largest absolute Gasteiger partial charge is 0.325 e. The summed E-state index contributed by atoms with van der Waals surface area (Å²) in [6.45, 7) is 4.02. The third-order valence-corrected chi connectivity index (χ3v) is 4.02. The molecule has 2 heterocycles. The standard InChI is InChI=1S/C18H20FN5O/c1-12-6-7-14(11-15(12)19)21-18(25)13(2)20-9-8-17-23-22-16-5-3-4-10-24(16)17/h3-7,10-11,13,20H,8-9H2,1-2H3,(H,21,25). The van der Waals surface area contributed by atoms with E-state index in [1.165, 1.54) is 6.07 Å². The number of amides is 1. The van der Waals surface area contributed by atoms with Crippen molar-refractivity contribution < 1.29 is 9.18 Å². The number of pyridine rings is 1. The van der Waals surface area contributed by atoms with Gasteiger partial charge in [0.2, 0.25) is 5.91 Å². The van der Waals surface area contributed by atoms with Gasteiger partial charge in [0.05, 0.1) is 6.04 Å². The number of nitrogens with zero attached hydrogens (tertiary/aromatic N) is 3. The van der Waals surface area contributed by atoms with Crippen LogP contribution in [0.25, 0.3) is 5.65 Å². The van der Waals surface area contributed by atoms with Gasteiger partial charge in [-0.2, -0.15) is 0 Å². The average molecular weight is 341 g/mol. The lowest BCUT2D eigenvalue weighted by Gasteiger charge is -2.14. The maximum absolute atomic E-state index is 13.5. The second kappa shape index (κ2) is 7.40. The number of benzene rings is 1. The van der Waals surface area contributed by atoms with Gasteiger partial charge >= 0.3 is 0 Å². The van der Waals surface area contributed by atoms with Gasteiger partial charge in [0, 0.05) is 24.8 Å². The Kier molecular flexibility index (Phi) is 5.04. The van der Waals surface area contributed by atoms with Gasteiger partial charge in [0.15, 0.2) is 5.65 Å². The van der Waals surface area contributed by atoms with Crippen LogP contribution in [0.5, 0.6) is 0 Å². The van der Waals surface area contributed by atoms with Crippen LogP contribution in [0, 0.1) is 12.7 Å². The van der Waals surface area contributed by atoms with E-state index in [-0.39, 0.29) is 11.7 Å². The third kappa shape index (κ3) is 4.00. The molecule has 1 aromatic carbocycles. The molecular weight excluding hydrogens is 321 g/mol. The summed E-state index contributed by atoms with van der Waals surface area (Å²) in [6, 6.07) is 9.95. The van der Waals surface area contributed by atoms with Crippen molar-refractivity contribution in [2.45, 2.75) is 26.3 Å². The molecule has 2 aromatic heterocycles. The smallest absolute Gasteiger partial charge is 0.241 e. The van der Waals surface area contributed by atoms with E-state index in [1.54, 1.807) is 26.0 Å². The zero-order chi connectivity index (χ0) is 17.8. The first-order chi connectivity index (χ1) is 12.0. The van der Waals surface area contributed by atoms with Crippen LogP contribution >= 0.6 is 0 Å². The molecule has 1 unspecified atom stereocenters. The quantitative estimate of drug-likeness (QED) is 0.722. The summed E-state index contributed by atoms with van der Waals surface area (Å²) in [5.74, 6) is 0.280. The zero-order valence-corrected chi connectivity index (χ0v) is 14.2. The number of rotatable bonds is 6. The van der Waals surface area contributed by atoms with Crippen molar-refractivity contribution in [3.8, 4) is 0 Å². The molecule has 0 radical (unpaired) electrons. The molecule has 1 atom stereocenters. The van der Waals surface area contributed by atoms with E-state index < -0.39 is 6.04 Å². The number of fused-ring (bicyclic) bond motifs is 1. The van der Waals surface area contributed by atoms with E-state index in [1.807, 2.05) is 28.8 Å². The van der Waals surface area contributed by atoms with Gasteiger partial charge in [-0.25, -0.2) is 4.39 Å². The summed E-state index contributed by atoms with van der Waals surface area (Å²) < 4.78 is 15.5. The van der Waals surface area contributed by atoms with E-state index in [2.05, 4.69) is 20.8 Å². The van der Waals surface area contributed by atoms with Crippen molar-refractivity contribution in [2.24, 2.45) is 0 Å². The van der Waals surface area contributed by atoms with E-state index in [0.717, 1.165) is 11.5 Å². The summed E-state index contributed by atoms with van der Waals surface area (Å²) >= 11 is 0. The highest BCUT2D eigenvalue weighted by atomic mass is 19.1. The Bertz CT molecular complexity index is 892. The van der Waals surface area contributed by atoms with Crippen molar-refractivity contribution in [3.05, 3.63) is 59.8 Å². The Balaban J connectivity index is 1.52. The highest BCUT2D eigenvalue weighted by Gasteiger charge is 2.13. The van der Waals surface area contributed by atoms with Crippen LogP contribution < -0.4 is 10.6 Å². The fourth-order valence-electron chi connectivity index (χ4n) is 2.48. The van der Waals surface area contributed by atoms with E-state index in [0.29, 0.717) is 24.2 Å². The number of aromatic nitrogens is 3. The molecule has 0 aliphatic heterocycles. The maximum Gasteiger partial charge on any atom is 0.241 e. The molecular formula is C18H20FN5O. The molecule has 6 nitrogen and oxygen atoms in total. The molecule has 0 aliphatic rings. The summed E-state index contributed by atoms with van der Waals surface area (Å²) in [5.41, 5.74) is 1.79. The van der Waals surface area contributed by atoms with Crippen LogP contribution in [-0.2, 0) is 11.2 Å². The first-order valence-corrected chi connectivity index (χ1v) is 8.13. The summed E-state index contributed by atoms with van der Waals surface area (Å²) in [4.78, 5) is 12.2. The predicted molar refractivity (Wildman–Crippen MR) is 93.9 cm³/mol. The number of carbonyl (C=O) groups is 1. The second-order valence-electron chi connectivity index (χ2n) is 5.92. The van der Waals surface area contributed by atoms with Crippen molar-refractivity contribution in [1.29, 1.82) is 0 Å². The number of carbonyl (C=O) groups excluding carboxylic acids is 1. The Morgan fingerprint density at radius 2 is 2.12 bits per heavy atom. The number of anilines is 1. The second-order valence-corrected chi connectivity index (χ2v) is 5.92. The molecule has 7 heteroatoms. The number of hydrogen-bond donors (Lipinski definition) is 2. The van der Waals surface area contributed by atoms with Crippen molar-refractivity contribution in [3.63, 3.8) is 0 Å². The lowest BCUT2D eigenvalue weighted by Crippen LogP contribution is -2.39. The molecule has 3 rings (SSSR count). The fourth-order valence-corrected chi connectivity index (χ4v) is 2.48. The molecule has 25 heavy (non-hydrogen) atoms. The van der Waals surface area contributed by atoms with Gasteiger partial charge in [0.25, 0.3) is 0 Å². The van der Waals surface area contributed by atoms with Crippen LogP contribution in [0.1, 0.15) is 18.3 Å². The van der Waals surface area contributed by atoms with E-state index in [9.17, 15) is 9.18 Å². The number of nitrogens with one attached hydrogen (secondary N) is 2. The third-order valence-electron chi connectivity index (χ3n) is 4.02. The lowest BCUT2D eigenvalue weighted by molar-refractivity contribution is -0.117. The lowest BCUT2D eigenvalue weighted by atomic mass is 10.2. The minimum atomic E-state index is -0.413. The molecule has 0 spiro atoms. The number of hydrogen-bond acceptors (Lipinski definition) is 4. The minimum absolute atomic E-state index is 0.214. The average Bonchev–Trinajstić information content (AvgIpc) is 3.01.